The molecule has 2 aromatic rings. The summed E-state index contributed by atoms with van der Waals surface area (Å²) in [6, 6.07) is 10.4. The minimum absolute atomic E-state index is 0.224. The molecule has 1 amide bonds. The third kappa shape index (κ3) is 4.42. The number of carbonyl (C=O) groups is 1. The molecule has 1 saturated heterocycles. The zero-order chi connectivity index (χ0) is 18.7. The Morgan fingerprint density at radius 2 is 1.81 bits per heavy atom. The maximum atomic E-state index is 12.2. The van der Waals surface area contributed by atoms with Gasteiger partial charge in [-0.25, -0.2) is 4.79 Å². The molecule has 0 aliphatic carbocycles. The lowest BCUT2D eigenvalue weighted by atomic mass is 9.96. The van der Waals surface area contributed by atoms with Crippen molar-refractivity contribution in [3.63, 3.8) is 0 Å². The van der Waals surface area contributed by atoms with Crippen LogP contribution in [0.15, 0.2) is 30.3 Å². The highest BCUT2D eigenvalue weighted by molar-refractivity contribution is 5.68. The second-order valence-corrected chi connectivity index (χ2v) is 7.92. The first-order chi connectivity index (χ1) is 12.3. The third-order valence-electron chi connectivity index (χ3n) is 4.66. The number of nitrogens with zero attached hydrogens (tertiary/aromatic N) is 4. The molecule has 2 heterocycles. The molecule has 0 unspecified atom stereocenters. The Bertz CT molecular complexity index is 741. The van der Waals surface area contributed by atoms with Crippen LogP contribution in [0.4, 0.5) is 4.79 Å². The highest BCUT2D eigenvalue weighted by atomic mass is 16.6. The number of aromatic nitrogens is 3. The monoisotopic (exact) mass is 356 g/mol. The van der Waals surface area contributed by atoms with Gasteiger partial charge < -0.3 is 14.2 Å². The Morgan fingerprint density at radius 1 is 1.15 bits per heavy atom. The number of ether oxygens (including phenoxy) is 1. The molecule has 140 valence electrons. The van der Waals surface area contributed by atoms with Gasteiger partial charge in [0.25, 0.3) is 0 Å². The van der Waals surface area contributed by atoms with Crippen molar-refractivity contribution in [1.82, 2.24) is 19.7 Å². The first kappa shape index (κ1) is 18.4. The Hall–Kier alpha value is -2.37. The average molecular weight is 356 g/mol. The maximum absolute atomic E-state index is 12.2. The normalized spacial score (nSPS) is 15.9. The van der Waals surface area contributed by atoms with Gasteiger partial charge in [-0.05, 0) is 46.1 Å². The number of likely N-dealkylation sites (tertiary alicyclic amines) is 1. The number of hydrogen-bond donors (Lipinski definition) is 0. The van der Waals surface area contributed by atoms with Gasteiger partial charge in [-0.15, -0.1) is 10.2 Å². The fourth-order valence-corrected chi connectivity index (χ4v) is 3.31. The predicted octanol–water partition coefficient (Wildman–Crippen LogP) is 3.75. The van der Waals surface area contributed by atoms with E-state index in [2.05, 4.69) is 26.9 Å². The number of piperidine rings is 1. The van der Waals surface area contributed by atoms with Crippen LogP contribution in [-0.2, 0) is 11.3 Å². The number of aryl methyl sites for hydroxylation is 1. The SMILES string of the molecule is Cc1nnc(C2CCN(C(=O)OC(C)(C)C)CC2)n1Cc1ccccc1. The van der Waals surface area contributed by atoms with Crippen molar-refractivity contribution in [2.75, 3.05) is 13.1 Å². The van der Waals surface area contributed by atoms with Crippen molar-refractivity contribution >= 4 is 6.09 Å². The second kappa shape index (κ2) is 7.48. The second-order valence-electron chi connectivity index (χ2n) is 7.92. The maximum Gasteiger partial charge on any atom is 0.410 e. The summed E-state index contributed by atoms with van der Waals surface area (Å²) in [6.07, 6.45) is 1.54. The van der Waals surface area contributed by atoms with Gasteiger partial charge in [0.2, 0.25) is 0 Å². The molecule has 6 nitrogen and oxygen atoms in total. The Balaban J connectivity index is 1.66. The molecule has 1 aromatic carbocycles. The van der Waals surface area contributed by atoms with Gasteiger partial charge in [-0.1, -0.05) is 30.3 Å². The van der Waals surface area contributed by atoms with Gasteiger partial charge >= 0.3 is 6.09 Å². The first-order valence-corrected chi connectivity index (χ1v) is 9.25. The molecule has 6 heteroatoms. The summed E-state index contributed by atoms with van der Waals surface area (Å²) in [7, 11) is 0. The number of amides is 1. The van der Waals surface area contributed by atoms with Crippen molar-refractivity contribution < 1.29 is 9.53 Å². The molecule has 0 bridgehead atoms. The van der Waals surface area contributed by atoms with Crippen molar-refractivity contribution in [3.8, 4) is 0 Å². The van der Waals surface area contributed by atoms with Gasteiger partial charge in [0, 0.05) is 19.0 Å². The smallest absolute Gasteiger partial charge is 0.410 e. The molecule has 0 saturated carbocycles. The number of carbonyl (C=O) groups excluding carboxylic acids is 1. The third-order valence-corrected chi connectivity index (χ3v) is 4.66. The number of hydrogen-bond acceptors (Lipinski definition) is 4. The summed E-state index contributed by atoms with van der Waals surface area (Å²) in [5, 5.41) is 8.74. The van der Waals surface area contributed by atoms with Crippen LogP contribution in [0.2, 0.25) is 0 Å². The predicted molar refractivity (Wildman–Crippen MR) is 100 cm³/mol. The molecule has 0 N–H and O–H groups in total. The van der Waals surface area contributed by atoms with E-state index in [-0.39, 0.29) is 6.09 Å². The fourth-order valence-electron chi connectivity index (χ4n) is 3.31. The molecular weight excluding hydrogens is 328 g/mol. The van der Waals surface area contributed by atoms with Crippen LogP contribution in [0.1, 0.15) is 56.7 Å². The van der Waals surface area contributed by atoms with Gasteiger partial charge in [-0.2, -0.15) is 0 Å². The van der Waals surface area contributed by atoms with Crippen molar-refractivity contribution in [1.29, 1.82) is 0 Å². The van der Waals surface area contributed by atoms with Gasteiger partial charge in [0.05, 0.1) is 6.54 Å². The molecule has 0 spiro atoms. The summed E-state index contributed by atoms with van der Waals surface area (Å²) in [5.74, 6) is 2.27. The van der Waals surface area contributed by atoms with Crippen molar-refractivity contribution in [2.24, 2.45) is 0 Å². The minimum Gasteiger partial charge on any atom is -0.444 e. The molecule has 1 aliphatic rings. The summed E-state index contributed by atoms with van der Waals surface area (Å²) in [6.45, 7) is 9.84. The van der Waals surface area contributed by atoms with E-state index in [4.69, 9.17) is 4.74 Å². The zero-order valence-electron chi connectivity index (χ0n) is 16.1. The summed E-state index contributed by atoms with van der Waals surface area (Å²) in [4.78, 5) is 14.0. The zero-order valence-corrected chi connectivity index (χ0v) is 16.1. The van der Waals surface area contributed by atoms with Crippen LogP contribution in [0.25, 0.3) is 0 Å². The van der Waals surface area contributed by atoms with Gasteiger partial charge in [0.15, 0.2) is 0 Å². The standard InChI is InChI=1S/C20H28N4O2/c1-15-21-22-18(24(15)14-16-8-6-5-7-9-16)17-10-12-23(13-11-17)19(25)26-20(2,3)4/h5-9,17H,10-14H2,1-4H3. The highest BCUT2D eigenvalue weighted by Gasteiger charge is 2.30. The Morgan fingerprint density at radius 3 is 2.42 bits per heavy atom. The summed E-state index contributed by atoms with van der Waals surface area (Å²) in [5.41, 5.74) is 0.781. The van der Waals surface area contributed by atoms with Crippen LogP contribution in [0.5, 0.6) is 0 Å². The topological polar surface area (TPSA) is 60.3 Å². The van der Waals surface area contributed by atoms with Gasteiger partial charge in [0.1, 0.15) is 17.2 Å². The fraction of sp³-hybridized carbons (Fsp3) is 0.550. The van der Waals surface area contributed by atoms with Gasteiger partial charge in [-0.3, -0.25) is 0 Å². The quantitative estimate of drug-likeness (QED) is 0.840. The number of rotatable bonds is 3. The lowest BCUT2D eigenvalue weighted by molar-refractivity contribution is 0.0202. The van der Waals surface area contributed by atoms with Crippen LogP contribution < -0.4 is 0 Å². The molecule has 0 radical (unpaired) electrons. The van der Waals surface area contributed by atoms with E-state index in [1.807, 2.05) is 45.9 Å². The van der Waals surface area contributed by atoms with E-state index in [1.165, 1.54) is 5.56 Å². The van der Waals surface area contributed by atoms with Crippen molar-refractivity contribution in [3.05, 3.63) is 47.5 Å². The summed E-state index contributed by atoms with van der Waals surface area (Å²) >= 11 is 0. The van der Waals surface area contributed by atoms with E-state index in [1.54, 1.807) is 4.90 Å². The van der Waals surface area contributed by atoms with E-state index >= 15 is 0 Å². The Labute approximate surface area is 155 Å². The largest absolute Gasteiger partial charge is 0.444 e. The van der Waals surface area contributed by atoms with Crippen LogP contribution in [-0.4, -0.2) is 44.4 Å². The minimum atomic E-state index is -0.457. The average Bonchev–Trinajstić information content (AvgIpc) is 2.95. The summed E-state index contributed by atoms with van der Waals surface area (Å²) < 4.78 is 7.68. The molecule has 0 atom stereocenters. The van der Waals surface area contributed by atoms with E-state index in [0.717, 1.165) is 31.0 Å². The lowest BCUT2D eigenvalue weighted by Gasteiger charge is -2.33. The number of benzene rings is 1. The van der Waals surface area contributed by atoms with Crippen LogP contribution in [0, 0.1) is 6.92 Å². The van der Waals surface area contributed by atoms with Crippen molar-refractivity contribution in [2.45, 2.75) is 58.6 Å². The van der Waals surface area contributed by atoms with Crippen LogP contribution >= 0.6 is 0 Å². The highest BCUT2D eigenvalue weighted by Crippen LogP contribution is 2.28. The molecular formula is C20H28N4O2. The molecule has 26 heavy (non-hydrogen) atoms. The first-order valence-electron chi connectivity index (χ1n) is 9.25. The van der Waals surface area contributed by atoms with E-state index in [0.29, 0.717) is 19.0 Å². The molecule has 1 aromatic heterocycles. The lowest BCUT2D eigenvalue weighted by Crippen LogP contribution is -2.41. The molecule has 3 rings (SSSR count). The molecule has 1 fully saturated rings. The Kier molecular flexibility index (Phi) is 5.30. The molecule has 1 aliphatic heterocycles. The van der Waals surface area contributed by atoms with Crippen LogP contribution in [0.3, 0.4) is 0 Å². The van der Waals surface area contributed by atoms with E-state index in [9.17, 15) is 4.79 Å². The van der Waals surface area contributed by atoms with E-state index < -0.39 is 5.60 Å².